The van der Waals surface area contributed by atoms with E-state index in [-0.39, 0.29) is 18.7 Å². The third kappa shape index (κ3) is 4.10. The van der Waals surface area contributed by atoms with Crippen molar-refractivity contribution < 1.29 is 19.4 Å². The van der Waals surface area contributed by atoms with E-state index in [1.165, 1.54) is 0 Å². The number of nitrogens with zero attached hydrogens (tertiary/aromatic N) is 3. The van der Waals surface area contributed by atoms with E-state index >= 15 is 0 Å². The number of nitrogens with one attached hydrogen (secondary N) is 1. The van der Waals surface area contributed by atoms with Crippen molar-refractivity contribution >= 4 is 12.1 Å². The second-order valence-electron chi connectivity index (χ2n) is 7.28. The fourth-order valence-corrected chi connectivity index (χ4v) is 3.60. The number of aliphatic carboxylic acids is 1. The van der Waals surface area contributed by atoms with Gasteiger partial charge >= 0.3 is 12.1 Å². The average molecular weight is 370 g/mol. The van der Waals surface area contributed by atoms with Crippen molar-refractivity contribution in [2.75, 3.05) is 0 Å². The molecule has 0 bridgehead atoms. The second kappa shape index (κ2) is 7.38. The van der Waals surface area contributed by atoms with E-state index in [2.05, 4.69) is 15.6 Å². The summed E-state index contributed by atoms with van der Waals surface area (Å²) in [4.78, 5) is 23.7. The third-order valence-electron chi connectivity index (χ3n) is 5.26. The molecule has 3 atom stereocenters. The quantitative estimate of drug-likeness (QED) is 0.809. The Morgan fingerprint density at radius 3 is 2.70 bits per heavy atom. The van der Waals surface area contributed by atoms with Crippen LogP contribution in [0.2, 0.25) is 0 Å². The third-order valence-corrected chi connectivity index (χ3v) is 5.26. The SMILES string of the molecule is O=C(N[C@@H]1CC(C(=O)O)C[C@@H]1n1cc(C2CC2)nn1)OCc1ccccc1. The Kier molecular flexibility index (Phi) is 4.79. The molecule has 8 heteroatoms. The van der Waals surface area contributed by atoms with E-state index < -0.39 is 18.0 Å². The van der Waals surface area contributed by atoms with E-state index in [0.29, 0.717) is 18.8 Å². The highest BCUT2D eigenvalue weighted by Crippen LogP contribution is 2.40. The number of alkyl carbamates (subject to hydrolysis) is 1. The first-order valence-electron chi connectivity index (χ1n) is 9.22. The van der Waals surface area contributed by atoms with Gasteiger partial charge in [-0.1, -0.05) is 35.5 Å². The van der Waals surface area contributed by atoms with Crippen molar-refractivity contribution in [2.24, 2.45) is 5.92 Å². The zero-order valence-electron chi connectivity index (χ0n) is 14.8. The van der Waals surface area contributed by atoms with Gasteiger partial charge in [0.25, 0.3) is 0 Å². The summed E-state index contributed by atoms with van der Waals surface area (Å²) in [5.74, 6) is -0.912. The summed E-state index contributed by atoms with van der Waals surface area (Å²) >= 11 is 0. The smallest absolute Gasteiger partial charge is 0.407 e. The molecule has 27 heavy (non-hydrogen) atoms. The van der Waals surface area contributed by atoms with Gasteiger partial charge in [-0.3, -0.25) is 4.79 Å². The van der Waals surface area contributed by atoms with Gasteiger partial charge in [-0.05, 0) is 31.2 Å². The van der Waals surface area contributed by atoms with Gasteiger partial charge in [0.2, 0.25) is 0 Å². The van der Waals surface area contributed by atoms with E-state index in [4.69, 9.17) is 4.74 Å². The minimum absolute atomic E-state index is 0.168. The number of aromatic nitrogens is 3. The van der Waals surface area contributed by atoms with Crippen LogP contribution < -0.4 is 5.32 Å². The van der Waals surface area contributed by atoms with Gasteiger partial charge in [-0.15, -0.1) is 5.10 Å². The number of carbonyl (C=O) groups excluding carboxylic acids is 1. The number of hydrogen-bond donors (Lipinski definition) is 2. The number of ether oxygens (including phenoxy) is 1. The summed E-state index contributed by atoms with van der Waals surface area (Å²) in [5.41, 5.74) is 1.84. The molecule has 2 N–H and O–H groups in total. The zero-order valence-corrected chi connectivity index (χ0v) is 14.8. The molecule has 2 saturated carbocycles. The number of carboxylic acids is 1. The molecule has 2 aliphatic carbocycles. The topological polar surface area (TPSA) is 106 Å². The molecule has 0 radical (unpaired) electrons. The zero-order chi connectivity index (χ0) is 18.8. The van der Waals surface area contributed by atoms with Crippen molar-refractivity contribution in [3.05, 3.63) is 47.8 Å². The van der Waals surface area contributed by atoms with E-state index in [0.717, 1.165) is 24.1 Å². The number of amides is 1. The first-order valence-corrected chi connectivity index (χ1v) is 9.22. The number of benzene rings is 1. The highest BCUT2D eigenvalue weighted by Gasteiger charge is 2.41. The highest BCUT2D eigenvalue weighted by molar-refractivity contribution is 5.71. The monoisotopic (exact) mass is 370 g/mol. The van der Waals surface area contributed by atoms with Crippen molar-refractivity contribution in [1.29, 1.82) is 0 Å². The summed E-state index contributed by atoms with van der Waals surface area (Å²) in [6, 6.07) is 8.81. The molecule has 0 aliphatic heterocycles. The lowest BCUT2D eigenvalue weighted by Crippen LogP contribution is -2.39. The van der Waals surface area contributed by atoms with Gasteiger partial charge in [0.05, 0.1) is 23.7 Å². The van der Waals surface area contributed by atoms with Crippen LogP contribution in [-0.4, -0.2) is 38.2 Å². The minimum atomic E-state index is -0.857. The molecule has 1 amide bonds. The Morgan fingerprint density at radius 2 is 2.00 bits per heavy atom. The number of rotatable bonds is 6. The Hall–Kier alpha value is -2.90. The van der Waals surface area contributed by atoms with Crippen LogP contribution in [0, 0.1) is 5.92 Å². The molecule has 2 aromatic rings. The summed E-state index contributed by atoms with van der Waals surface area (Å²) in [6.07, 6.45) is 4.33. The maximum Gasteiger partial charge on any atom is 0.407 e. The first kappa shape index (κ1) is 17.5. The van der Waals surface area contributed by atoms with Gasteiger partial charge in [-0.25, -0.2) is 9.48 Å². The molecule has 142 valence electrons. The average Bonchev–Trinajstić information content (AvgIpc) is 3.24. The molecule has 0 saturated heterocycles. The van der Waals surface area contributed by atoms with Gasteiger partial charge in [0, 0.05) is 12.1 Å². The number of carboxylic acid groups (broad SMARTS) is 1. The van der Waals surface area contributed by atoms with Crippen LogP contribution in [0.25, 0.3) is 0 Å². The molecule has 1 aromatic heterocycles. The molecular weight excluding hydrogens is 348 g/mol. The normalized spacial score (nSPS) is 24.5. The molecule has 1 heterocycles. The summed E-state index contributed by atoms with van der Waals surface area (Å²) in [7, 11) is 0. The lowest BCUT2D eigenvalue weighted by molar-refractivity contribution is -0.141. The van der Waals surface area contributed by atoms with Crippen molar-refractivity contribution in [1.82, 2.24) is 20.3 Å². The minimum Gasteiger partial charge on any atom is -0.481 e. The standard InChI is InChI=1S/C19H22N4O4/c24-18(25)14-8-15(20-19(26)27-11-12-4-2-1-3-5-12)17(9-14)23-10-16(21-22-23)13-6-7-13/h1-5,10,13-15,17H,6-9,11H2,(H,20,26)(H,24,25)/t14?,15-,17+/m1/s1. The molecule has 2 aliphatic rings. The molecular formula is C19H22N4O4. The van der Waals surface area contributed by atoms with Gasteiger partial charge in [-0.2, -0.15) is 0 Å². The molecule has 1 aromatic carbocycles. The molecule has 4 rings (SSSR count). The Morgan fingerprint density at radius 1 is 1.22 bits per heavy atom. The van der Waals surface area contributed by atoms with Crippen LogP contribution in [-0.2, 0) is 16.1 Å². The first-order chi connectivity index (χ1) is 13.1. The van der Waals surface area contributed by atoms with Gasteiger partial charge in [0.1, 0.15) is 6.61 Å². The maximum atomic E-state index is 12.2. The predicted molar refractivity (Wildman–Crippen MR) is 94.9 cm³/mol. The van der Waals surface area contributed by atoms with E-state index in [1.54, 1.807) is 4.68 Å². The van der Waals surface area contributed by atoms with Crippen LogP contribution in [0.4, 0.5) is 4.79 Å². The number of carbonyl (C=O) groups is 2. The second-order valence-corrected chi connectivity index (χ2v) is 7.28. The lowest BCUT2D eigenvalue weighted by atomic mass is 10.1. The van der Waals surface area contributed by atoms with E-state index in [1.807, 2.05) is 36.5 Å². The van der Waals surface area contributed by atoms with Crippen LogP contribution in [0.3, 0.4) is 0 Å². The van der Waals surface area contributed by atoms with Crippen LogP contribution >= 0.6 is 0 Å². The summed E-state index contributed by atoms with van der Waals surface area (Å²) < 4.78 is 6.99. The summed E-state index contributed by atoms with van der Waals surface area (Å²) in [5, 5.41) is 20.6. The maximum absolute atomic E-state index is 12.2. The molecule has 0 spiro atoms. The van der Waals surface area contributed by atoms with Crippen molar-refractivity contribution in [2.45, 2.75) is 50.3 Å². The van der Waals surface area contributed by atoms with Crippen molar-refractivity contribution in [3.63, 3.8) is 0 Å². The van der Waals surface area contributed by atoms with Crippen LogP contribution in [0.1, 0.15) is 48.9 Å². The molecule has 1 unspecified atom stereocenters. The Bertz CT molecular complexity index is 818. The van der Waals surface area contributed by atoms with Gasteiger partial charge in [0.15, 0.2) is 0 Å². The fraction of sp³-hybridized carbons (Fsp3) is 0.474. The highest BCUT2D eigenvalue weighted by atomic mass is 16.5. The van der Waals surface area contributed by atoms with E-state index in [9.17, 15) is 14.7 Å². The van der Waals surface area contributed by atoms with Crippen LogP contribution in [0.5, 0.6) is 0 Å². The predicted octanol–water partition coefficient (Wildman–Crippen LogP) is 2.49. The van der Waals surface area contributed by atoms with Crippen LogP contribution in [0.15, 0.2) is 36.5 Å². The largest absolute Gasteiger partial charge is 0.481 e. The lowest BCUT2D eigenvalue weighted by Gasteiger charge is -2.20. The Labute approximate surface area is 156 Å². The Balaban J connectivity index is 1.41. The summed E-state index contributed by atoms with van der Waals surface area (Å²) in [6.45, 7) is 0.168. The number of hydrogen-bond acceptors (Lipinski definition) is 5. The molecule has 2 fully saturated rings. The van der Waals surface area contributed by atoms with Gasteiger partial charge < -0.3 is 15.2 Å². The molecule has 8 nitrogen and oxygen atoms in total. The fourth-order valence-electron chi connectivity index (χ4n) is 3.60. The van der Waals surface area contributed by atoms with Crippen molar-refractivity contribution in [3.8, 4) is 0 Å².